The second-order valence-electron chi connectivity index (χ2n) is 17.9. The van der Waals surface area contributed by atoms with E-state index in [0.717, 1.165) is 0 Å². The fourth-order valence-electron chi connectivity index (χ4n) is 8.45. The van der Waals surface area contributed by atoms with Gasteiger partial charge in [-0.15, -0.1) is 0 Å². The van der Waals surface area contributed by atoms with E-state index < -0.39 is 0 Å². The van der Waals surface area contributed by atoms with E-state index in [1.165, 1.54) is 107 Å². The summed E-state index contributed by atoms with van der Waals surface area (Å²) < 4.78 is 0. The van der Waals surface area contributed by atoms with E-state index in [9.17, 15) is 0 Å². The number of benzene rings is 6. The summed E-state index contributed by atoms with van der Waals surface area (Å²) in [6.45, 7) is 26.5. The molecule has 0 spiro atoms. The van der Waals surface area contributed by atoms with Gasteiger partial charge in [0.25, 0.3) is 0 Å². The van der Waals surface area contributed by atoms with Crippen LogP contribution in [-0.2, 0) is 0 Å². The molecule has 0 saturated heterocycles. The number of aryl methyl sites for hydroxylation is 3. The monoisotopic (exact) mass is 851 g/mol. The molecule has 6 aromatic carbocycles. The first kappa shape index (κ1) is 49.7. The van der Waals surface area contributed by atoms with Crippen molar-refractivity contribution in [2.45, 2.75) is 94.9 Å². The molecule has 0 N–H and O–H groups in total. The van der Waals surface area contributed by atoms with E-state index in [2.05, 4.69) is 259 Å². The quantitative estimate of drug-likeness (QED) is 0.140. The van der Waals surface area contributed by atoms with Crippen molar-refractivity contribution in [2.24, 2.45) is 5.92 Å². The SMILES string of the molecule is CC(=BC(=C(C)C)c1ccccc1)/C(C)=C(\C)c1ccccc1.CC1=CC(c2ccccc2C)C(C)C=C1c1ccccc1C.CC1=CCCC(c2ccccc2)=C1.Cc1ccccc1. The molecule has 0 nitrogen and oxygen atoms in total. The van der Waals surface area contributed by atoms with E-state index in [1.807, 2.05) is 18.2 Å². The summed E-state index contributed by atoms with van der Waals surface area (Å²) in [6, 6.07) is 59.5. The zero-order valence-electron chi connectivity index (χ0n) is 41.1. The molecule has 65 heavy (non-hydrogen) atoms. The summed E-state index contributed by atoms with van der Waals surface area (Å²) in [7, 11) is 0. The summed E-state index contributed by atoms with van der Waals surface area (Å²) >= 11 is 0. The minimum Gasteiger partial charge on any atom is -0.0813 e. The molecule has 0 heterocycles. The molecule has 8 rings (SSSR count). The zero-order chi connectivity index (χ0) is 46.7. The van der Waals surface area contributed by atoms with Crippen LogP contribution in [0.2, 0.25) is 0 Å². The maximum Gasteiger partial charge on any atom is 0.00870 e. The number of hydrogen-bond acceptors (Lipinski definition) is 0. The van der Waals surface area contributed by atoms with Crippen molar-refractivity contribution in [1.82, 2.24) is 0 Å². The maximum atomic E-state index is 2.45. The molecular weight excluding hydrogens is 780 g/mol. The van der Waals surface area contributed by atoms with Crippen LogP contribution in [0.25, 0.3) is 22.2 Å². The summed E-state index contributed by atoms with van der Waals surface area (Å²) in [4.78, 5) is 0. The Bertz CT molecular complexity index is 2660. The van der Waals surface area contributed by atoms with Crippen LogP contribution in [0.5, 0.6) is 0 Å². The third kappa shape index (κ3) is 14.9. The number of allylic oxidation sites excluding steroid dienone is 11. The summed E-state index contributed by atoms with van der Waals surface area (Å²) in [6.07, 6.45) is 11.9. The third-order valence-corrected chi connectivity index (χ3v) is 12.5. The minimum atomic E-state index is 0.481. The van der Waals surface area contributed by atoms with Gasteiger partial charge in [-0.25, -0.2) is 0 Å². The predicted molar refractivity (Wildman–Crippen MR) is 290 cm³/mol. The summed E-state index contributed by atoms with van der Waals surface area (Å²) in [5, 5.41) is 0. The third-order valence-electron chi connectivity index (χ3n) is 12.5. The smallest absolute Gasteiger partial charge is 0.00870 e. The molecule has 0 saturated carbocycles. The molecule has 0 bridgehead atoms. The average Bonchev–Trinajstić information content (AvgIpc) is 3.33. The fourth-order valence-corrected chi connectivity index (χ4v) is 8.45. The molecule has 330 valence electrons. The maximum absolute atomic E-state index is 2.45. The van der Waals surface area contributed by atoms with Crippen molar-refractivity contribution in [1.29, 1.82) is 0 Å². The van der Waals surface area contributed by atoms with Gasteiger partial charge in [-0.3, -0.25) is 0 Å². The predicted octanol–water partition coefficient (Wildman–Crippen LogP) is 17.7. The molecule has 6 aromatic rings. The van der Waals surface area contributed by atoms with Crippen LogP contribution in [0, 0.1) is 26.7 Å². The topological polar surface area (TPSA) is 0 Å². The van der Waals surface area contributed by atoms with E-state index in [-0.39, 0.29) is 0 Å². The Morgan fingerprint density at radius 1 is 0.538 bits per heavy atom. The van der Waals surface area contributed by atoms with Crippen molar-refractivity contribution >= 4 is 34.6 Å². The van der Waals surface area contributed by atoms with Gasteiger partial charge in [-0.05, 0) is 97.9 Å². The molecule has 2 aliphatic carbocycles. The Labute approximate surface area is 394 Å². The van der Waals surface area contributed by atoms with Crippen LogP contribution < -0.4 is 0 Å². The molecule has 0 aromatic heterocycles. The second-order valence-corrected chi connectivity index (χ2v) is 17.9. The largest absolute Gasteiger partial charge is 0.0813 e. The van der Waals surface area contributed by atoms with Crippen molar-refractivity contribution in [3.8, 4) is 0 Å². The minimum absolute atomic E-state index is 0.481. The molecular formula is C64H71B. The van der Waals surface area contributed by atoms with E-state index in [0.29, 0.717) is 11.8 Å². The molecule has 2 atom stereocenters. The van der Waals surface area contributed by atoms with Crippen LogP contribution >= 0.6 is 0 Å². The first-order valence-electron chi connectivity index (χ1n) is 23.4. The van der Waals surface area contributed by atoms with Gasteiger partial charge in [0.2, 0.25) is 0 Å². The van der Waals surface area contributed by atoms with Gasteiger partial charge in [-0.1, -0.05) is 152 Å². The molecule has 0 radical (unpaired) electrons. The Hall–Kier alpha value is -6.31. The first-order chi connectivity index (χ1) is 31.3. The van der Waals surface area contributed by atoms with E-state index in [4.69, 9.17) is 0 Å². The van der Waals surface area contributed by atoms with Gasteiger partial charge in [-0.2, -0.15) is 0 Å². The Morgan fingerprint density at radius 2 is 1.06 bits per heavy atom. The van der Waals surface area contributed by atoms with Crippen LogP contribution in [0.4, 0.5) is 0 Å². The summed E-state index contributed by atoms with van der Waals surface area (Å²) in [5.41, 5.74) is 23.1. The normalized spacial score (nSPS) is 15.8. The van der Waals surface area contributed by atoms with Crippen LogP contribution in [0.1, 0.15) is 119 Å². The summed E-state index contributed by atoms with van der Waals surface area (Å²) in [5.74, 6) is 0.994. The van der Waals surface area contributed by atoms with E-state index >= 15 is 0 Å². The van der Waals surface area contributed by atoms with Crippen LogP contribution in [0.3, 0.4) is 0 Å². The first-order valence-corrected chi connectivity index (χ1v) is 23.4. The number of hydrogen-bond donors (Lipinski definition) is 0. The Balaban J connectivity index is 0.000000175. The average molecular weight is 851 g/mol. The zero-order valence-corrected chi connectivity index (χ0v) is 41.1. The molecule has 0 amide bonds. The molecule has 0 aliphatic heterocycles. The van der Waals surface area contributed by atoms with Gasteiger partial charge in [0.05, 0.1) is 0 Å². The Morgan fingerprint density at radius 3 is 1.60 bits per heavy atom. The van der Waals surface area contributed by atoms with Crippen molar-refractivity contribution in [3.63, 3.8) is 0 Å². The van der Waals surface area contributed by atoms with Gasteiger partial charge in [0, 0.05) is 5.92 Å². The van der Waals surface area contributed by atoms with Crippen molar-refractivity contribution < 1.29 is 0 Å². The number of rotatable bonds is 7. The Kier molecular flexibility index (Phi) is 19.3. The molecule has 0 fully saturated rings. The molecule has 1 heteroatoms. The standard InChI is InChI=1S/C22H25B.C22H24.C13H14.C7H8/c1-16(2)22(21-14-10-7-11-15-21)23-19(5)17(3)18(4)20-12-8-6-9-13-20;1-15-9-5-7-11-19(15)21-13-18(4)22(14-17(21)3)20-12-8-6-10-16(20)2;1-11-6-5-9-13(10-11)12-7-3-2-4-8-12;1-7-5-3-2-4-6-7/h6-15H,1-5H3;5-14,17,21H,1-4H3;2-4,6-8,10H,5,9H2,1H3;2-6H,1H3/b18-17+;;;. The van der Waals surface area contributed by atoms with Crippen molar-refractivity contribution in [2.75, 3.05) is 0 Å². The van der Waals surface area contributed by atoms with Crippen molar-refractivity contribution in [3.05, 3.63) is 261 Å². The fraction of sp³-hybridized carbons (Fsp3) is 0.234. The second kappa shape index (κ2) is 25.3. The van der Waals surface area contributed by atoms with Crippen LogP contribution in [-0.4, -0.2) is 12.4 Å². The van der Waals surface area contributed by atoms with Gasteiger partial charge >= 0.3 is 141 Å². The van der Waals surface area contributed by atoms with Gasteiger partial charge in [0.15, 0.2) is 0 Å². The van der Waals surface area contributed by atoms with E-state index in [1.54, 1.807) is 0 Å². The molecule has 2 unspecified atom stereocenters. The van der Waals surface area contributed by atoms with Crippen LogP contribution in [0.15, 0.2) is 216 Å². The van der Waals surface area contributed by atoms with Gasteiger partial charge < -0.3 is 0 Å². The molecule has 2 aliphatic rings. The van der Waals surface area contributed by atoms with Gasteiger partial charge in [0.1, 0.15) is 0 Å².